The summed E-state index contributed by atoms with van der Waals surface area (Å²) in [6, 6.07) is 1.00. The van der Waals surface area contributed by atoms with Crippen LogP contribution in [0.1, 0.15) is 13.3 Å². The van der Waals surface area contributed by atoms with E-state index in [1.54, 1.807) is 0 Å². The van der Waals surface area contributed by atoms with Gasteiger partial charge in [0, 0.05) is 32.8 Å². The largest absolute Gasteiger partial charge is 0.395 e. The molecule has 1 rings (SSSR count). The predicted octanol–water partition coefficient (Wildman–Crippen LogP) is 2.57. The van der Waals surface area contributed by atoms with Crippen LogP contribution in [0.25, 0.3) is 0 Å². The van der Waals surface area contributed by atoms with Crippen LogP contribution in [0.5, 0.6) is 0 Å². The third kappa shape index (κ3) is 6.32. The van der Waals surface area contributed by atoms with E-state index < -0.39 is 8.56 Å². The van der Waals surface area contributed by atoms with Gasteiger partial charge >= 0.3 is 8.56 Å². The predicted molar refractivity (Wildman–Crippen MR) is 85.2 cm³/mol. The zero-order valence-electron chi connectivity index (χ0n) is 13.0. The summed E-state index contributed by atoms with van der Waals surface area (Å²) < 4.78 is 17.9. The Morgan fingerprint density at radius 1 is 1.35 bits per heavy atom. The molecule has 1 fully saturated rings. The maximum Gasteiger partial charge on any atom is 0.335 e. The molecule has 1 saturated heterocycles. The summed E-state index contributed by atoms with van der Waals surface area (Å²) in [7, 11) is -2.05. The molecule has 1 aliphatic rings. The highest BCUT2D eigenvalue weighted by Gasteiger charge is 2.35. The van der Waals surface area contributed by atoms with Crippen molar-refractivity contribution in [1.82, 2.24) is 4.90 Å². The maximum absolute atomic E-state index is 6.32. The van der Waals surface area contributed by atoms with Crippen molar-refractivity contribution in [2.24, 2.45) is 0 Å². The molecule has 0 N–H and O–H groups in total. The van der Waals surface area contributed by atoms with Crippen molar-refractivity contribution in [1.29, 1.82) is 0 Å². The molecule has 20 heavy (non-hydrogen) atoms. The van der Waals surface area contributed by atoms with E-state index in [4.69, 9.17) is 13.6 Å². The van der Waals surface area contributed by atoms with Gasteiger partial charge in [-0.15, -0.1) is 13.2 Å². The average molecular weight is 299 g/mol. The van der Waals surface area contributed by atoms with Crippen LogP contribution in [0.3, 0.4) is 0 Å². The van der Waals surface area contributed by atoms with Crippen molar-refractivity contribution in [3.8, 4) is 0 Å². The molecule has 2 atom stereocenters. The molecular weight excluding hydrogens is 270 g/mol. The van der Waals surface area contributed by atoms with E-state index in [1.807, 2.05) is 19.1 Å². The first-order chi connectivity index (χ1) is 9.63. The van der Waals surface area contributed by atoms with Crippen LogP contribution in [0.4, 0.5) is 0 Å². The Hall–Kier alpha value is -0.463. The lowest BCUT2D eigenvalue weighted by molar-refractivity contribution is 0.000865. The summed E-state index contributed by atoms with van der Waals surface area (Å²) in [5.74, 6) is 0. The standard InChI is InChI=1S/C15H29NO3Si/c1-5-9-16(10-6-2)13-15-14-17-11-8-12-20(4,19-15)18-7-3/h5-6,15H,1-2,7-14H2,3-4H3. The Balaban J connectivity index is 2.63. The molecule has 0 aromatic heterocycles. The van der Waals surface area contributed by atoms with Gasteiger partial charge in [-0.25, -0.2) is 0 Å². The third-order valence-corrected chi connectivity index (χ3v) is 6.32. The van der Waals surface area contributed by atoms with Gasteiger partial charge in [0.25, 0.3) is 0 Å². The lowest BCUT2D eigenvalue weighted by Gasteiger charge is -2.35. The van der Waals surface area contributed by atoms with Crippen LogP contribution < -0.4 is 0 Å². The van der Waals surface area contributed by atoms with E-state index in [0.29, 0.717) is 6.61 Å². The van der Waals surface area contributed by atoms with E-state index in [1.165, 1.54) is 0 Å². The SMILES string of the molecule is C=CCN(CC=C)CC1COCCC[Si](C)(OCC)O1. The van der Waals surface area contributed by atoms with E-state index in [9.17, 15) is 0 Å². The van der Waals surface area contributed by atoms with Crippen LogP contribution in [0.15, 0.2) is 25.3 Å². The van der Waals surface area contributed by atoms with Gasteiger partial charge in [-0.1, -0.05) is 12.2 Å². The van der Waals surface area contributed by atoms with E-state index in [0.717, 1.165) is 45.3 Å². The fourth-order valence-electron chi connectivity index (χ4n) is 2.53. The molecule has 0 bridgehead atoms. The molecule has 0 saturated carbocycles. The van der Waals surface area contributed by atoms with Crippen molar-refractivity contribution >= 4 is 8.56 Å². The minimum Gasteiger partial charge on any atom is -0.395 e. The monoisotopic (exact) mass is 299 g/mol. The van der Waals surface area contributed by atoms with Crippen LogP contribution >= 0.6 is 0 Å². The summed E-state index contributed by atoms with van der Waals surface area (Å²) in [4.78, 5) is 2.26. The molecular formula is C15H29NO3Si. The van der Waals surface area contributed by atoms with Gasteiger partial charge in [0.1, 0.15) is 0 Å². The fraction of sp³-hybridized carbons (Fsp3) is 0.733. The zero-order chi connectivity index (χ0) is 14.8. The van der Waals surface area contributed by atoms with Crippen molar-refractivity contribution in [2.75, 3.05) is 39.5 Å². The molecule has 0 spiro atoms. The second kappa shape index (κ2) is 9.47. The second-order valence-corrected chi connectivity index (χ2v) is 8.57. The van der Waals surface area contributed by atoms with Gasteiger partial charge in [-0.3, -0.25) is 4.90 Å². The van der Waals surface area contributed by atoms with Crippen LogP contribution in [0, 0.1) is 0 Å². The minimum absolute atomic E-state index is 0.0680. The molecule has 2 unspecified atom stereocenters. The number of ether oxygens (including phenoxy) is 1. The fourth-order valence-corrected chi connectivity index (χ4v) is 5.11. The molecule has 0 aromatic carbocycles. The molecule has 5 heteroatoms. The molecule has 0 amide bonds. The molecule has 116 valence electrons. The van der Waals surface area contributed by atoms with Crippen molar-refractivity contribution in [2.45, 2.75) is 32.0 Å². The quantitative estimate of drug-likeness (QED) is 0.509. The van der Waals surface area contributed by atoms with Gasteiger partial charge in [0.2, 0.25) is 0 Å². The van der Waals surface area contributed by atoms with Crippen molar-refractivity contribution < 1.29 is 13.6 Å². The number of nitrogens with zero attached hydrogens (tertiary/aromatic N) is 1. The Morgan fingerprint density at radius 3 is 2.65 bits per heavy atom. The summed E-state index contributed by atoms with van der Waals surface area (Å²) in [5, 5.41) is 0. The van der Waals surface area contributed by atoms with E-state index >= 15 is 0 Å². The molecule has 0 radical (unpaired) electrons. The smallest absolute Gasteiger partial charge is 0.335 e. The summed E-state index contributed by atoms with van der Waals surface area (Å²) in [6.07, 6.45) is 4.91. The lowest BCUT2D eigenvalue weighted by Crippen LogP contribution is -2.48. The molecule has 1 aliphatic heterocycles. The van der Waals surface area contributed by atoms with Crippen LogP contribution in [-0.4, -0.2) is 59.0 Å². The first-order valence-corrected chi connectivity index (χ1v) is 9.99. The van der Waals surface area contributed by atoms with E-state index in [2.05, 4.69) is 24.6 Å². The molecule has 4 nitrogen and oxygen atoms in total. The number of hydrogen-bond donors (Lipinski definition) is 0. The van der Waals surface area contributed by atoms with Crippen molar-refractivity contribution in [3.05, 3.63) is 25.3 Å². The second-order valence-electron chi connectivity index (χ2n) is 5.28. The van der Waals surface area contributed by atoms with E-state index in [-0.39, 0.29) is 6.10 Å². The van der Waals surface area contributed by atoms with Gasteiger partial charge in [0.05, 0.1) is 12.7 Å². The normalized spacial score (nSPS) is 27.9. The summed E-state index contributed by atoms with van der Waals surface area (Å²) >= 11 is 0. The van der Waals surface area contributed by atoms with Crippen LogP contribution in [0.2, 0.25) is 12.6 Å². The highest BCUT2D eigenvalue weighted by molar-refractivity contribution is 6.66. The molecule has 1 heterocycles. The number of hydrogen-bond acceptors (Lipinski definition) is 4. The Labute approximate surface area is 124 Å². The van der Waals surface area contributed by atoms with Crippen LogP contribution in [-0.2, 0) is 13.6 Å². The summed E-state index contributed by atoms with van der Waals surface area (Å²) in [5.41, 5.74) is 0. The molecule has 0 aliphatic carbocycles. The Kier molecular flexibility index (Phi) is 8.33. The van der Waals surface area contributed by atoms with Gasteiger partial charge < -0.3 is 13.6 Å². The van der Waals surface area contributed by atoms with Gasteiger partial charge in [0.15, 0.2) is 0 Å². The zero-order valence-corrected chi connectivity index (χ0v) is 14.0. The van der Waals surface area contributed by atoms with Crippen molar-refractivity contribution in [3.63, 3.8) is 0 Å². The van der Waals surface area contributed by atoms with Gasteiger partial charge in [-0.05, 0) is 25.9 Å². The third-order valence-electron chi connectivity index (χ3n) is 3.33. The maximum atomic E-state index is 6.32. The minimum atomic E-state index is -2.05. The number of rotatable bonds is 8. The van der Waals surface area contributed by atoms with Gasteiger partial charge in [-0.2, -0.15) is 0 Å². The lowest BCUT2D eigenvalue weighted by atomic mass is 10.3. The Morgan fingerprint density at radius 2 is 2.05 bits per heavy atom. The molecule has 0 aromatic rings. The summed E-state index contributed by atoms with van der Waals surface area (Å²) in [6.45, 7) is 16.5. The highest BCUT2D eigenvalue weighted by atomic mass is 28.4. The topological polar surface area (TPSA) is 30.9 Å². The highest BCUT2D eigenvalue weighted by Crippen LogP contribution is 2.21. The first kappa shape index (κ1) is 17.6. The first-order valence-electron chi connectivity index (χ1n) is 7.47. The Bertz CT molecular complexity index is 291. The average Bonchev–Trinajstić information content (AvgIpc) is 2.36.